The summed E-state index contributed by atoms with van der Waals surface area (Å²) >= 11 is 6.02. The van der Waals surface area contributed by atoms with Crippen molar-refractivity contribution in [2.75, 3.05) is 6.61 Å². The van der Waals surface area contributed by atoms with E-state index < -0.39 is 6.04 Å². The summed E-state index contributed by atoms with van der Waals surface area (Å²) in [4.78, 5) is 16.7. The van der Waals surface area contributed by atoms with Crippen LogP contribution in [0.2, 0.25) is 5.02 Å². The highest BCUT2D eigenvalue weighted by molar-refractivity contribution is 6.32. The van der Waals surface area contributed by atoms with Gasteiger partial charge in [0.05, 0.1) is 5.02 Å². The Kier molecular flexibility index (Phi) is 5.53. The topological polar surface area (TPSA) is 56.2 Å². The maximum atomic E-state index is 13.6. The van der Waals surface area contributed by atoms with Gasteiger partial charge in [-0.1, -0.05) is 35.9 Å². The van der Waals surface area contributed by atoms with Gasteiger partial charge in [-0.15, -0.1) is 0 Å². The second-order valence-corrected chi connectivity index (χ2v) is 6.08. The van der Waals surface area contributed by atoms with Gasteiger partial charge in [-0.25, -0.2) is 9.37 Å². The van der Waals surface area contributed by atoms with E-state index in [9.17, 15) is 9.18 Å². The Hall–Kier alpha value is -2.86. The molecule has 0 bridgehead atoms. The summed E-state index contributed by atoms with van der Waals surface area (Å²) in [6.07, 6.45) is 3.38. The van der Waals surface area contributed by atoms with Crippen LogP contribution in [-0.4, -0.2) is 22.1 Å². The number of halogens is 2. The molecule has 0 saturated carbocycles. The Morgan fingerprint density at radius 1 is 1.31 bits per heavy atom. The Balaban J connectivity index is 1.76. The van der Waals surface area contributed by atoms with Crippen molar-refractivity contribution in [2.24, 2.45) is 7.05 Å². The summed E-state index contributed by atoms with van der Waals surface area (Å²) in [6.45, 7) is -0.222. The molecule has 1 aromatic heterocycles. The molecule has 0 aliphatic heterocycles. The molecule has 1 atom stereocenters. The fourth-order valence-electron chi connectivity index (χ4n) is 2.55. The molecule has 7 heteroatoms. The molecule has 0 aliphatic rings. The molecule has 0 unspecified atom stereocenters. The van der Waals surface area contributed by atoms with Crippen LogP contribution in [0.15, 0.2) is 60.9 Å². The molecule has 26 heavy (non-hydrogen) atoms. The lowest BCUT2D eigenvalue weighted by Crippen LogP contribution is -2.34. The lowest BCUT2D eigenvalue weighted by Gasteiger charge is -2.19. The normalized spacial score (nSPS) is 11.8. The fourth-order valence-corrected chi connectivity index (χ4v) is 2.74. The molecule has 0 fully saturated rings. The summed E-state index contributed by atoms with van der Waals surface area (Å²) < 4.78 is 20.9. The van der Waals surface area contributed by atoms with Gasteiger partial charge in [0.1, 0.15) is 23.4 Å². The van der Waals surface area contributed by atoms with Gasteiger partial charge in [0.2, 0.25) is 0 Å². The highest BCUT2D eigenvalue weighted by atomic mass is 35.5. The Morgan fingerprint density at radius 3 is 2.81 bits per heavy atom. The van der Waals surface area contributed by atoms with Crippen LogP contribution in [0, 0.1) is 5.82 Å². The number of hydrogen-bond acceptors (Lipinski definition) is 3. The van der Waals surface area contributed by atoms with Gasteiger partial charge in [-0.05, 0) is 29.8 Å². The number of carbonyl (C=O) groups excluding carboxylic acids is 1. The quantitative estimate of drug-likeness (QED) is 0.719. The summed E-state index contributed by atoms with van der Waals surface area (Å²) in [5, 5.41) is 3.26. The summed E-state index contributed by atoms with van der Waals surface area (Å²) in [5.74, 6) is 0.246. The molecular weight excluding hydrogens is 357 g/mol. The number of ether oxygens (including phenoxy) is 1. The van der Waals surface area contributed by atoms with Crippen molar-refractivity contribution in [1.29, 1.82) is 0 Å². The molecule has 1 heterocycles. The van der Waals surface area contributed by atoms with Gasteiger partial charge in [0.25, 0.3) is 5.91 Å². The van der Waals surface area contributed by atoms with Crippen molar-refractivity contribution in [3.8, 4) is 5.75 Å². The van der Waals surface area contributed by atoms with Gasteiger partial charge < -0.3 is 14.6 Å². The first-order chi connectivity index (χ1) is 12.5. The number of hydrogen-bond donors (Lipinski definition) is 1. The third-order valence-electron chi connectivity index (χ3n) is 3.80. The second kappa shape index (κ2) is 8.01. The Morgan fingerprint density at radius 2 is 2.12 bits per heavy atom. The SMILES string of the molecule is Cn1ccnc1[C@@H](NC(=O)COc1ccccc1Cl)c1cccc(F)c1. The third kappa shape index (κ3) is 4.21. The number of benzene rings is 2. The maximum Gasteiger partial charge on any atom is 0.258 e. The minimum atomic E-state index is -0.604. The van der Waals surface area contributed by atoms with Crippen molar-refractivity contribution >= 4 is 17.5 Å². The highest BCUT2D eigenvalue weighted by Crippen LogP contribution is 2.24. The van der Waals surface area contributed by atoms with Gasteiger partial charge in [-0.2, -0.15) is 0 Å². The van der Waals surface area contributed by atoms with Crippen LogP contribution in [0.1, 0.15) is 17.4 Å². The summed E-state index contributed by atoms with van der Waals surface area (Å²) in [5.41, 5.74) is 0.588. The van der Waals surface area contributed by atoms with Crippen LogP contribution in [0.25, 0.3) is 0 Å². The van der Waals surface area contributed by atoms with E-state index in [2.05, 4.69) is 10.3 Å². The van der Waals surface area contributed by atoms with Crippen LogP contribution >= 0.6 is 11.6 Å². The van der Waals surface area contributed by atoms with Crippen LogP contribution in [0.4, 0.5) is 4.39 Å². The molecule has 1 N–H and O–H groups in total. The molecule has 3 aromatic rings. The number of nitrogens with zero attached hydrogens (tertiary/aromatic N) is 2. The van der Waals surface area contributed by atoms with E-state index in [1.54, 1.807) is 60.4 Å². The summed E-state index contributed by atoms with van der Waals surface area (Å²) in [7, 11) is 1.81. The van der Waals surface area contributed by atoms with Gasteiger partial charge in [0.15, 0.2) is 6.61 Å². The first-order valence-corrected chi connectivity index (χ1v) is 8.32. The lowest BCUT2D eigenvalue weighted by atomic mass is 10.1. The summed E-state index contributed by atoms with van der Waals surface area (Å²) in [6, 6.07) is 12.3. The molecule has 1 amide bonds. The zero-order valence-electron chi connectivity index (χ0n) is 14.0. The number of para-hydroxylation sites is 1. The van der Waals surface area contributed by atoms with Crippen LogP contribution in [0.3, 0.4) is 0 Å². The standard InChI is InChI=1S/C19H17ClFN3O2/c1-24-10-9-22-19(24)18(13-5-4-6-14(21)11-13)23-17(25)12-26-16-8-3-2-7-15(16)20/h2-11,18H,12H2,1H3,(H,23,25)/t18-/m0/s1. The molecule has 0 spiro atoms. The Bertz CT molecular complexity index is 913. The molecule has 3 rings (SSSR count). The van der Waals surface area contributed by atoms with Crippen molar-refractivity contribution in [2.45, 2.75) is 6.04 Å². The maximum absolute atomic E-state index is 13.6. The predicted octanol–water partition coefficient (Wildman–Crippen LogP) is 3.50. The Labute approximate surface area is 155 Å². The molecule has 5 nitrogen and oxygen atoms in total. The minimum Gasteiger partial charge on any atom is -0.482 e. The number of aromatic nitrogens is 2. The zero-order chi connectivity index (χ0) is 18.5. The second-order valence-electron chi connectivity index (χ2n) is 5.67. The largest absolute Gasteiger partial charge is 0.482 e. The first-order valence-electron chi connectivity index (χ1n) is 7.94. The van der Waals surface area contributed by atoms with Crippen molar-refractivity contribution in [1.82, 2.24) is 14.9 Å². The van der Waals surface area contributed by atoms with Crippen molar-refractivity contribution in [3.63, 3.8) is 0 Å². The third-order valence-corrected chi connectivity index (χ3v) is 4.11. The minimum absolute atomic E-state index is 0.222. The number of imidazole rings is 1. The van der Waals surface area contributed by atoms with Crippen molar-refractivity contribution < 1.29 is 13.9 Å². The average molecular weight is 374 g/mol. The smallest absolute Gasteiger partial charge is 0.258 e. The molecule has 134 valence electrons. The van der Waals surface area contributed by atoms with Crippen LogP contribution < -0.4 is 10.1 Å². The number of amides is 1. The van der Waals surface area contributed by atoms with E-state index in [4.69, 9.17) is 16.3 Å². The van der Waals surface area contributed by atoms with E-state index in [1.807, 2.05) is 0 Å². The lowest BCUT2D eigenvalue weighted by molar-refractivity contribution is -0.123. The number of rotatable bonds is 6. The highest BCUT2D eigenvalue weighted by Gasteiger charge is 2.21. The van der Waals surface area contributed by atoms with Gasteiger partial charge in [-0.3, -0.25) is 4.79 Å². The number of carbonyl (C=O) groups is 1. The van der Waals surface area contributed by atoms with Gasteiger partial charge >= 0.3 is 0 Å². The monoisotopic (exact) mass is 373 g/mol. The average Bonchev–Trinajstić information content (AvgIpc) is 3.05. The number of nitrogens with one attached hydrogen (secondary N) is 1. The van der Waals surface area contributed by atoms with Gasteiger partial charge in [0, 0.05) is 19.4 Å². The first kappa shape index (κ1) is 17.9. The van der Waals surface area contributed by atoms with Crippen molar-refractivity contribution in [3.05, 3.63) is 83.2 Å². The molecule has 2 aromatic carbocycles. The van der Waals surface area contributed by atoms with E-state index in [1.165, 1.54) is 12.1 Å². The molecular formula is C19H17ClFN3O2. The zero-order valence-corrected chi connectivity index (χ0v) is 14.8. The molecule has 0 saturated heterocycles. The van der Waals surface area contributed by atoms with E-state index in [-0.39, 0.29) is 18.3 Å². The number of aryl methyl sites for hydroxylation is 1. The van der Waals surface area contributed by atoms with Crippen LogP contribution in [-0.2, 0) is 11.8 Å². The van der Waals surface area contributed by atoms with E-state index >= 15 is 0 Å². The fraction of sp³-hybridized carbons (Fsp3) is 0.158. The predicted molar refractivity (Wildman–Crippen MR) is 96.5 cm³/mol. The van der Waals surface area contributed by atoms with E-state index in [0.29, 0.717) is 22.2 Å². The van der Waals surface area contributed by atoms with Crippen LogP contribution in [0.5, 0.6) is 5.75 Å². The molecule has 0 aliphatic carbocycles. The van der Waals surface area contributed by atoms with E-state index in [0.717, 1.165) is 0 Å². The molecule has 0 radical (unpaired) electrons.